The van der Waals surface area contributed by atoms with E-state index in [0.717, 1.165) is 24.3 Å². The lowest BCUT2D eigenvalue weighted by atomic mass is 9.96. The van der Waals surface area contributed by atoms with Gasteiger partial charge in [-0.2, -0.15) is 0 Å². The molecule has 126 valence electrons. The van der Waals surface area contributed by atoms with Crippen LogP contribution in [0.5, 0.6) is 5.75 Å². The van der Waals surface area contributed by atoms with Crippen LogP contribution in [0.4, 0.5) is 5.69 Å². The number of amides is 2. The van der Waals surface area contributed by atoms with E-state index in [1.54, 1.807) is 18.2 Å². The zero-order valence-corrected chi connectivity index (χ0v) is 14.2. The Balaban J connectivity index is 2.05. The van der Waals surface area contributed by atoms with Gasteiger partial charge in [-0.05, 0) is 38.0 Å². The number of ether oxygens (including phenoxy) is 1. The minimum absolute atomic E-state index is 0.134. The molecule has 0 bridgehead atoms. The van der Waals surface area contributed by atoms with Crippen molar-refractivity contribution in [1.29, 1.82) is 0 Å². The molecule has 2 amide bonds. The second kappa shape index (κ2) is 7.66. The van der Waals surface area contributed by atoms with E-state index in [1.807, 2.05) is 6.92 Å². The van der Waals surface area contributed by atoms with E-state index in [1.165, 1.54) is 7.11 Å². The van der Waals surface area contributed by atoms with Gasteiger partial charge < -0.3 is 20.7 Å². The molecule has 0 radical (unpaired) electrons. The van der Waals surface area contributed by atoms with E-state index in [9.17, 15) is 9.59 Å². The lowest BCUT2D eigenvalue weighted by Crippen LogP contribution is -3.18. The number of carbonyl (C=O) groups excluding carboxylic acids is 2. The average molecular weight is 341 g/mol. The topological polar surface area (TPSA) is 85.9 Å². The number of likely N-dealkylation sites (tertiary alicyclic amines) is 1. The normalized spacial score (nSPS) is 22.2. The van der Waals surface area contributed by atoms with Crippen molar-refractivity contribution < 1.29 is 19.2 Å². The number of nitrogens with two attached hydrogens (primary N) is 1. The van der Waals surface area contributed by atoms with Gasteiger partial charge in [0.25, 0.3) is 5.91 Å². The van der Waals surface area contributed by atoms with Crippen molar-refractivity contribution in [1.82, 2.24) is 0 Å². The molecule has 1 aromatic rings. The fraction of sp³-hybridized carbons (Fsp3) is 0.500. The molecule has 1 aliphatic rings. The van der Waals surface area contributed by atoms with Crippen LogP contribution in [0.1, 0.15) is 19.8 Å². The zero-order chi connectivity index (χ0) is 17.0. The van der Waals surface area contributed by atoms with E-state index in [0.29, 0.717) is 23.0 Å². The van der Waals surface area contributed by atoms with Crippen molar-refractivity contribution in [3.8, 4) is 5.75 Å². The number of hydrogen-bond donors (Lipinski definition) is 3. The van der Waals surface area contributed by atoms with Gasteiger partial charge in [-0.3, -0.25) is 9.59 Å². The van der Waals surface area contributed by atoms with E-state index < -0.39 is 0 Å². The molecule has 0 spiro atoms. The van der Waals surface area contributed by atoms with Crippen LogP contribution in [0.2, 0.25) is 5.02 Å². The smallest absolute Gasteiger partial charge is 0.282 e. The van der Waals surface area contributed by atoms with Gasteiger partial charge in [0.05, 0.1) is 31.8 Å². The standard InChI is InChI=1S/C16H22ClN3O3/c1-10(20-7-3-4-11(9-20)15(18)21)16(22)19-13-8-12(17)5-6-14(13)23-2/h5-6,8,10-11H,3-4,7,9H2,1-2H3,(H2,18,21)(H,19,22)/p+1/t10-,11+/m1/s1. The maximum Gasteiger partial charge on any atom is 0.282 e. The second-order valence-corrected chi connectivity index (χ2v) is 6.35. The molecular formula is C16H23ClN3O3+. The molecule has 1 fully saturated rings. The first-order valence-corrected chi connectivity index (χ1v) is 8.08. The highest BCUT2D eigenvalue weighted by atomic mass is 35.5. The highest BCUT2D eigenvalue weighted by Gasteiger charge is 2.33. The predicted octanol–water partition coefficient (Wildman–Crippen LogP) is 0.456. The summed E-state index contributed by atoms with van der Waals surface area (Å²) in [6.45, 7) is 3.30. The summed E-state index contributed by atoms with van der Waals surface area (Å²) in [7, 11) is 1.54. The van der Waals surface area contributed by atoms with Crippen LogP contribution in [-0.2, 0) is 9.59 Å². The fourth-order valence-electron chi connectivity index (χ4n) is 2.94. The molecule has 0 aliphatic carbocycles. The lowest BCUT2D eigenvalue weighted by molar-refractivity contribution is -0.921. The van der Waals surface area contributed by atoms with Crippen molar-refractivity contribution in [2.45, 2.75) is 25.8 Å². The number of rotatable bonds is 5. The number of carbonyl (C=O) groups is 2. The van der Waals surface area contributed by atoms with E-state index in [-0.39, 0.29) is 23.8 Å². The first-order valence-electron chi connectivity index (χ1n) is 7.70. The molecule has 1 heterocycles. The Morgan fingerprint density at radius 1 is 1.48 bits per heavy atom. The SMILES string of the molecule is COc1ccc(Cl)cc1NC(=O)[C@@H](C)[NH+]1CCC[C@H](C(N)=O)C1. The highest BCUT2D eigenvalue weighted by molar-refractivity contribution is 6.31. The van der Waals surface area contributed by atoms with Crippen molar-refractivity contribution in [3.05, 3.63) is 23.2 Å². The Kier molecular flexibility index (Phi) is 5.85. The van der Waals surface area contributed by atoms with Crippen LogP contribution >= 0.6 is 11.6 Å². The number of piperidine rings is 1. The van der Waals surface area contributed by atoms with Crippen molar-refractivity contribution >= 4 is 29.1 Å². The molecule has 6 nitrogen and oxygen atoms in total. The predicted molar refractivity (Wildman–Crippen MR) is 88.7 cm³/mol. The summed E-state index contributed by atoms with van der Waals surface area (Å²) in [6, 6.07) is 4.77. The summed E-state index contributed by atoms with van der Waals surface area (Å²) in [6.07, 6.45) is 1.69. The number of primary amides is 1. The Morgan fingerprint density at radius 3 is 2.87 bits per heavy atom. The van der Waals surface area contributed by atoms with Crippen LogP contribution < -0.4 is 20.7 Å². The summed E-state index contributed by atoms with van der Waals surface area (Å²) in [5.41, 5.74) is 5.94. The number of quaternary nitrogens is 1. The molecule has 1 saturated heterocycles. The third-order valence-corrected chi connectivity index (χ3v) is 4.62. The molecule has 1 unspecified atom stereocenters. The lowest BCUT2D eigenvalue weighted by Gasteiger charge is -2.32. The maximum atomic E-state index is 12.5. The summed E-state index contributed by atoms with van der Waals surface area (Å²) in [4.78, 5) is 25.0. The van der Waals surface area contributed by atoms with Crippen molar-refractivity contribution in [2.75, 3.05) is 25.5 Å². The average Bonchev–Trinajstić information content (AvgIpc) is 2.54. The number of benzene rings is 1. The summed E-state index contributed by atoms with van der Waals surface area (Å²) >= 11 is 5.98. The molecule has 3 atom stereocenters. The Morgan fingerprint density at radius 2 is 2.22 bits per heavy atom. The number of methoxy groups -OCH3 is 1. The molecule has 1 aromatic carbocycles. The fourth-order valence-corrected chi connectivity index (χ4v) is 3.11. The quantitative estimate of drug-likeness (QED) is 0.727. The van der Waals surface area contributed by atoms with Gasteiger partial charge in [0, 0.05) is 5.02 Å². The van der Waals surface area contributed by atoms with E-state index >= 15 is 0 Å². The van der Waals surface area contributed by atoms with Gasteiger partial charge in [0.2, 0.25) is 5.91 Å². The van der Waals surface area contributed by atoms with Crippen LogP contribution in [-0.4, -0.2) is 38.1 Å². The molecule has 4 N–H and O–H groups in total. The van der Waals surface area contributed by atoms with Crippen LogP contribution in [0.3, 0.4) is 0 Å². The largest absolute Gasteiger partial charge is 0.495 e. The number of nitrogens with one attached hydrogen (secondary N) is 2. The molecule has 23 heavy (non-hydrogen) atoms. The molecule has 1 aliphatic heterocycles. The maximum absolute atomic E-state index is 12.5. The minimum atomic E-state index is -0.291. The molecule has 2 rings (SSSR count). The van der Waals surface area contributed by atoms with E-state index in [4.69, 9.17) is 22.1 Å². The molecule has 0 aromatic heterocycles. The van der Waals surface area contributed by atoms with Crippen LogP contribution in [0.15, 0.2) is 18.2 Å². The van der Waals surface area contributed by atoms with Crippen LogP contribution in [0, 0.1) is 5.92 Å². The molecular weight excluding hydrogens is 318 g/mol. The summed E-state index contributed by atoms with van der Waals surface area (Å²) in [5.74, 6) is -0.0229. The van der Waals surface area contributed by atoms with Gasteiger partial charge in [-0.15, -0.1) is 0 Å². The third kappa shape index (κ3) is 4.36. The minimum Gasteiger partial charge on any atom is -0.495 e. The first-order chi connectivity index (χ1) is 10.9. The highest BCUT2D eigenvalue weighted by Crippen LogP contribution is 2.27. The summed E-state index contributed by atoms with van der Waals surface area (Å²) < 4.78 is 5.23. The number of halogens is 1. The Hall–Kier alpha value is -1.79. The Bertz CT molecular complexity index is 594. The molecule has 7 heteroatoms. The molecule has 0 saturated carbocycles. The second-order valence-electron chi connectivity index (χ2n) is 5.91. The number of hydrogen-bond acceptors (Lipinski definition) is 3. The van der Waals surface area contributed by atoms with Gasteiger partial charge in [-0.1, -0.05) is 11.6 Å². The number of anilines is 1. The van der Waals surface area contributed by atoms with Gasteiger partial charge in [-0.25, -0.2) is 0 Å². The first kappa shape index (κ1) is 17.6. The Labute approximate surface area is 140 Å². The third-order valence-electron chi connectivity index (χ3n) is 4.39. The van der Waals surface area contributed by atoms with E-state index in [2.05, 4.69) is 5.32 Å². The van der Waals surface area contributed by atoms with Gasteiger partial charge >= 0.3 is 0 Å². The van der Waals surface area contributed by atoms with Crippen molar-refractivity contribution in [2.24, 2.45) is 11.7 Å². The van der Waals surface area contributed by atoms with Gasteiger partial charge in [0.1, 0.15) is 5.75 Å². The van der Waals surface area contributed by atoms with Gasteiger partial charge in [0.15, 0.2) is 6.04 Å². The van der Waals surface area contributed by atoms with Crippen LogP contribution in [0.25, 0.3) is 0 Å². The van der Waals surface area contributed by atoms with Crippen molar-refractivity contribution in [3.63, 3.8) is 0 Å². The monoisotopic (exact) mass is 340 g/mol. The zero-order valence-electron chi connectivity index (χ0n) is 13.4. The summed E-state index contributed by atoms with van der Waals surface area (Å²) in [5, 5.41) is 3.38.